The summed E-state index contributed by atoms with van der Waals surface area (Å²) in [6.45, 7) is 5.72. The second-order valence-corrected chi connectivity index (χ2v) is 6.19. The van der Waals surface area contributed by atoms with E-state index in [1.807, 2.05) is 42.2 Å². The summed E-state index contributed by atoms with van der Waals surface area (Å²) in [4.78, 5) is 11.0. The SMILES string of the molecule is Cc1cnn(C[C@H]2CN(Cc3nc(-c4ccccn4)no3)CCO2)c1. The Bertz CT molecular complexity index is 815. The normalized spacial score (nSPS) is 18.5. The summed E-state index contributed by atoms with van der Waals surface area (Å²) < 4.78 is 13.2. The topological polar surface area (TPSA) is 82.1 Å². The molecule has 0 aromatic carbocycles. The van der Waals surface area contributed by atoms with Gasteiger partial charge in [0.15, 0.2) is 0 Å². The molecule has 0 unspecified atom stereocenters. The maximum absolute atomic E-state index is 5.85. The zero-order valence-electron chi connectivity index (χ0n) is 14.1. The number of nitrogens with zero attached hydrogens (tertiary/aromatic N) is 6. The quantitative estimate of drug-likeness (QED) is 0.697. The molecule has 0 radical (unpaired) electrons. The zero-order valence-corrected chi connectivity index (χ0v) is 14.1. The standard InChI is InChI=1S/C17H20N6O2/c1-13-8-19-23(9-13)11-14-10-22(6-7-24-14)12-16-20-17(21-25-16)15-4-2-3-5-18-15/h2-5,8-9,14H,6-7,10-12H2,1H3/t14-/m1/s1. The molecule has 1 atom stereocenters. The molecule has 25 heavy (non-hydrogen) atoms. The van der Waals surface area contributed by atoms with Crippen molar-refractivity contribution < 1.29 is 9.26 Å². The third-order valence-corrected chi connectivity index (χ3v) is 4.10. The van der Waals surface area contributed by atoms with Gasteiger partial charge in [-0.2, -0.15) is 10.1 Å². The number of hydrogen-bond acceptors (Lipinski definition) is 7. The maximum Gasteiger partial charge on any atom is 0.241 e. The molecule has 0 saturated carbocycles. The van der Waals surface area contributed by atoms with Crippen LogP contribution in [-0.2, 0) is 17.8 Å². The van der Waals surface area contributed by atoms with E-state index in [9.17, 15) is 0 Å². The molecule has 0 amide bonds. The van der Waals surface area contributed by atoms with Gasteiger partial charge < -0.3 is 9.26 Å². The fourth-order valence-corrected chi connectivity index (χ4v) is 2.92. The highest BCUT2D eigenvalue weighted by Gasteiger charge is 2.23. The maximum atomic E-state index is 5.85. The molecular weight excluding hydrogens is 320 g/mol. The van der Waals surface area contributed by atoms with E-state index in [1.54, 1.807) is 6.20 Å². The van der Waals surface area contributed by atoms with E-state index in [-0.39, 0.29) is 6.10 Å². The van der Waals surface area contributed by atoms with Crippen LogP contribution in [0.15, 0.2) is 41.3 Å². The number of aromatic nitrogens is 5. The molecule has 1 saturated heterocycles. The summed E-state index contributed by atoms with van der Waals surface area (Å²) in [6, 6.07) is 5.63. The third kappa shape index (κ3) is 3.92. The van der Waals surface area contributed by atoms with E-state index in [1.165, 1.54) is 0 Å². The third-order valence-electron chi connectivity index (χ3n) is 4.10. The highest BCUT2D eigenvalue weighted by atomic mass is 16.5. The number of rotatable bonds is 5. The Morgan fingerprint density at radius 1 is 1.32 bits per heavy atom. The molecule has 8 nitrogen and oxygen atoms in total. The Hall–Kier alpha value is -2.58. The summed E-state index contributed by atoms with van der Waals surface area (Å²) in [7, 11) is 0. The lowest BCUT2D eigenvalue weighted by molar-refractivity contribution is -0.0426. The summed E-state index contributed by atoms with van der Waals surface area (Å²) in [5.74, 6) is 1.11. The number of morpholine rings is 1. The zero-order chi connectivity index (χ0) is 17.1. The molecule has 3 aromatic heterocycles. The highest BCUT2D eigenvalue weighted by Crippen LogP contribution is 2.15. The van der Waals surface area contributed by atoms with Crippen LogP contribution in [0.3, 0.4) is 0 Å². The Labute approximate surface area is 145 Å². The van der Waals surface area contributed by atoms with Crippen molar-refractivity contribution in [1.29, 1.82) is 0 Å². The van der Waals surface area contributed by atoms with Crippen molar-refractivity contribution in [3.63, 3.8) is 0 Å². The minimum Gasteiger partial charge on any atom is -0.374 e. The number of aryl methyl sites for hydroxylation is 1. The first-order valence-corrected chi connectivity index (χ1v) is 8.33. The smallest absolute Gasteiger partial charge is 0.241 e. The average Bonchev–Trinajstić information content (AvgIpc) is 3.25. The van der Waals surface area contributed by atoms with Crippen LogP contribution in [0.2, 0.25) is 0 Å². The van der Waals surface area contributed by atoms with Crippen LogP contribution in [0, 0.1) is 6.92 Å². The van der Waals surface area contributed by atoms with Crippen LogP contribution in [0.4, 0.5) is 0 Å². The Balaban J connectivity index is 1.37. The second kappa shape index (κ2) is 7.12. The van der Waals surface area contributed by atoms with Crippen molar-refractivity contribution in [1.82, 2.24) is 29.8 Å². The van der Waals surface area contributed by atoms with Crippen LogP contribution in [0.5, 0.6) is 0 Å². The van der Waals surface area contributed by atoms with Crippen molar-refractivity contribution in [2.75, 3.05) is 19.7 Å². The van der Waals surface area contributed by atoms with Crippen molar-refractivity contribution in [2.45, 2.75) is 26.1 Å². The first-order chi connectivity index (χ1) is 12.3. The van der Waals surface area contributed by atoms with Crippen molar-refractivity contribution in [2.24, 2.45) is 0 Å². The number of hydrogen-bond donors (Lipinski definition) is 0. The van der Waals surface area contributed by atoms with Gasteiger partial charge >= 0.3 is 0 Å². The van der Waals surface area contributed by atoms with E-state index in [4.69, 9.17) is 9.26 Å². The van der Waals surface area contributed by atoms with E-state index in [2.05, 4.69) is 25.1 Å². The molecule has 8 heteroatoms. The minimum absolute atomic E-state index is 0.103. The molecule has 0 spiro atoms. The largest absolute Gasteiger partial charge is 0.374 e. The van der Waals surface area contributed by atoms with Gasteiger partial charge in [-0.1, -0.05) is 11.2 Å². The molecule has 0 N–H and O–H groups in total. The fraction of sp³-hybridized carbons (Fsp3) is 0.412. The summed E-state index contributed by atoms with van der Waals surface area (Å²) in [5, 5.41) is 8.35. The van der Waals surface area contributed by atoms with Crippen LogP contribution in [0.25, 0.3) is 11.5 Å². The molecule has 4 heterocycles. The minimum atomic E-state index is 0.103. The van der Waals surface area contributed by atoms with Gasteiger partial charge in [-0.15, -0.1) is 0 Å². The Morgan fingerprint density at radius 2 is 2.28 bits per heavy atom. The molecular formula is C17H20N6O2. The van der Waals surface area contributed by atoms with Gasteiger partial charge in [-0.3, -0.25) is 14.6 Å². The monoisotopic (exact) mass is 340 g/mol. The lowest BCUT2D eigenvalue weighted by Crippen LogP contribution is -2.43. The van der Waals surface area contributed by atoms with Crippen LogP contribution < -0.4 is 0 Å². The summed E-state index contributed by atoms with van der Waals surface area (Å²) in [5.41, 5.74) is 1.87. The fourth-order valence-electron chi connectivity index (χ4n) is 2.92. The van der Waals surface area contributed by atoms with E-state index >= 15 is 0 Å². The van der Waals surface area contributed by atoms with Gasteiger partial charge in [0, 0.05) is 25.5 Å². The van der Waals surface area contributed by atoms with Gasteiger partial charge in [0.2, 0.25) is 11.7 Å². The Morgan fingerprint density at radius 3 is 3.08 bits per heavy atom. The van der Waals surface area contributed by atoms with Gasteiger partial charge in [0.1, 0.15) is 5.69 Å². The van der Waals surface area contributed by atoms with Crippen molar-refractivity contribution >= 4 is 0 Å². The summed E-state index contributed by atoms with van der Waals surface area (Å²) in [6.07, 6.45) is 5.71. The molecule has 1 aliphatic rings. The second-order valence-electron chi connectivity index (χ2n) is 6.19. The van der Waals surface area contributed by atoms with Crippen molar-refractivity contribution in [3.8, 4) is 11.5 Å². The van der Waals surface area contributed by atoms with Crippen molar-refractivity contribution in [3.05, 3.63) is 48.2 Å². The van der Waals surface area contributed by atoms with E-state index < -0.39 is 0 Å². The number of ether oxygens (including phenoxy) is 1. The molecule has 0 aliphatic carbocycles. The first kappa shape index (κ1) is 15.9. The van der Waals surface area contributed by atoms with E-state index in [0.717, 1.165) is 25.2 Å². The van der Waals surface area contributed by atoms with Crippen LogP contribution >= 0.6 is 0 Å². The first-order valence-electron chi connectivity index (χ1n) is 8.33. The highest BCUT2D eigenvalue weighted by molar-refractivity contribution is 5.46. The van der Waals surface area contributed by atoms with Gasteiger partial charge in [0.05, 0.1) is 32.0 Å². The molecule has 3 aromatic rings. The lowest BCUT2D eigenvalue weighted by Gasteiger charge is -2.31. The predicted octanol–water partition coefficient (Wildman–Crippen LogP) is 1.54. The summed E-state index contributed by atoms with van der Waals surface area (Å²) >= 11 is 0. The lowest BCUT2D eigenvalue weighted by atomic mass is 10.2. The predicted molar refractivity (Wildman–Crippen MR) is 89.5 cm³/mol. The van der Waals surface area contributed by atoms with E-state index in [0.29, 0.717) is 30.6 Å². The molecule has 130 valence electrons. The Kier molecular flexibility index (Phi) is 4.53. The van der Waals surface area contributed by atoms with Crippen LogP contribution in [0.1, 0.15) is 11.5 Å². The molecule has 4 rings (SSSR count). The van der Waals surface area contributed by atoms with Gasteiger partial charge in [-0.05, 0) is 24.6 Å². The molecule has 0 bridgehead atoms. The number of pyridine rings is 1. The molecule has 1 fully saturated rings. The molecule has 1 aliphatic heterocycles. The van der Waals surface area contributed by atoms with Crippen LogP contribution in [-0.4, -0.2) is 55.6 Å². The van der Waals surface area contributed by atoms with Gasteiger partial charge in [-0.25, -0.2) is 0 Å². The van der Waals surface area contributed by atoms with Gasteiger partial charge in [0.25, 0.3) is 0 Å². The average molecular weight is 340 g/mol.